The van der Waals surface area contributed by atoms with Gasteiger partial charge in [-0.2, -0.15) is 0 Å². The molecule has 17 heavy (non-hydrogen) atoms. The molecular weight excluding hydrogens is 242 g/mol. The van der Waals surface area contributed by atoms with Crippen molar-refractivity contribution >= 4 is 23.0 Å². The van der Waals surface area contributed by atoms with Gasteiger partial charge in [-0.3, -0.25) is 0 Å². The molecule has 0 aliphatic rings. The number of benzene rings is 1. The van der Waals surface area contributed by atoms with Crippen LogP contribution in [-0.4, -0.2) is 11.7 Å². The number of nitrogens with one attached hydrogen (secondary N) is 2. The van der Waals surface area contributed by atoms with Gasteiger partial charge in [-0.15, -0.1) is 0 Å². The molecule has 0 bridgehead atoms. The summed E-state index contributed by atoms with van der Waals surface area (Å²) in [6.45, 7) is 2.90. The van der Waals surface area contributed by atoms with Crippen molar-refractivity contribution in [2.75, 3.05) is 11.9 Å². The van der Waals surface area contributed by atoms with E-state index in [2.05, 4.69) is 17.6 Å². The van der Waals surface area contributed by atoms with Gasteiger partial charge in [0.2, 0.25) is 0 Å². The second-order valence-corrected chi connectivity index (χ2v) is 4.13. The van der Waals surface area contributed by atoms with Crippen LogP contribution in [0.1, 0.15) is 26.2 Å². The minimum atomic E-state index is -0.885. The van der Waals surface area contributed by atoms with Crippen LogP contribution < -0.4 is 10.6 Å². The van der Waals surface area contributed by atoms with Crippen molar-refractivity contribution in [3.63, 3.8) is 0 Å². The van der Waals surface area contributed by atoms with Crippen molar-refractivity contribution in [2.45, 2.75) is 26.2 Å². The Labute approximate surface area is 105 Å². The van der Waals surface area contributed by atoms with Gasteiger partial charge in [-0.05, 0) is 30.8 Å². The second kappa shape index (κ2) is 7.17. The largest absolute Gasteiger partial charge is 0.362 e. The van der Waals surface area contributed by atoms with Crippen molar-refractivity contribution in [3.05, 3.63) is 29.8 Å². The summed E-state index contributed by atoms with van der Waals surface area (Å²) < 4.78 is 25.6. The molecule has 1 rings (SSSR count). The lowest BCUT2D eigenvalue weighted by atomic mass is 10.2. The van der Waals surface area contributed by atoms with E-state index in [4.69, 9.17) is 12.2 Å². The zero-order chi connectivity index (χ0) is 12.7. The molecule has 1 aromatic carbocycles. The smallest absolute Gasteiger partial charge is 0.170 e. The normalized spacial score (nSPS) is 10.1. The maximum Gasteiger partial charge on any atom is 0.170 e. The summed E-state index contributed by atoms with van der Waals surface area (Å²) in [5.74, 6) is -1.75. The maximum absolute atomic E-state index is 12.9. The molecule has 94 valence electrons. The van der Waals surface area contributed by atoms with Gasteiger partial charge < -0.3 is 10.6 Å². The van der Waals surface area contributed by atoms with Crippen LogP contribution in [0.2, 0.25) is 0 Å². The molecule has 0 fully saturated rings. The summed E-state index contributed by atoms with van der Waals surface area (Å²) >= 11 is 5.02. The first-order chi connectivity index (χ1) is 8.13. The van der Waals surface area contributed by atoms with E-state index in [1.165, 1.54) is 6.07 Å². The Morgan fingerprint density at radius 3 is 2.65 bits per heavy atom. The zero-order valence-corrected chi connectivity index (χ0v) is 10.5. The lowest BCUT2D eigenvalue weighted by molar-refractivity contribution is 0.509. The Morgan fingerprint density at radius 2 is 2.00 bits per heavy atom. The third-order valence-electron chi connectivity index (χ3n) is 2.24. The molecule has 5 heteroatoms. The predicted octanol–water partition coefficient (Wildman–Crippen LogP) is 3.44. The van der Waals surface area contributed by atoms with Crippen LogP contribution in [0.15, 0.2) is 18.2 Å². The molecule has 0 radical (unpaired) electrons. The van der Waals surface area contributed by atoms with Crippen molar-refractivity contribution in [1.29, 1.82) is 0 Å². The van der Waals surface area contributed by atoms with Crippen LogP contribution in [-0.2, 0) is 0 Å². The first kappa shape index (κ1) is 13.8. The quantitative estimate of drug-likeness (QED) is 0.625. The van der Waals surface area contributed by atoms with Gasteiger partial charge in [0.25, 0.3) is 0 Å². The van der Waals surface area contributed by atoms with Crippen LogP contribution >= 0.6 is 12.2 Å². The molecule has 0 heterocycles. The molecule has 0 spiro atoms. The van der Waals surface area contributed by atoms with Crippen molar-refractivity contribution < 1.29 is 8.78 Å². The molecule has 0 aliphatic heterocycles. The van der Waals surface area contributed by atoms with E-state index < -0.39 is 11.6 Å². The van der Waals surface area contributed by atoms with Crippen molar-refractivity contribution in [3.8, 4) is 0 Å². The summed E-state index contributed by atoms with van der Waals surface area (Å²) in [6.07, 6.45) is 3.32. The number of anilines is 1. The summed E-state index contributed by atoms with van der Waals surface area (Å²) in [4.78, 5) is 0. The van der Waals surface area contributed by atoms with Gasteiger partial charge in [0.05, 0.1) is 0 Å². The van der Waals surface area contributed by atoms with Crippen LogP contribution in [0.25, 0.3) is 0 Å². The average Bonchev–Trinajstić information content (AvgIpc) is 2.30. The highest BCUT2D eigenvalue weighted by Gasteiger charge is 2.03. The summed E-state index contributed by atoms with van der Waals surface area (Å²) in [5, 5.41) is 6.23. The third kappa shape index (κ3) is 5.08. The minimum absolute atomic E-state index is 0.423. The highest BCUT2D eigenvalue weighted by Crippen LogP contribution is 2.12. The SMILES string of the molecule is CCCCCNC(=S)Nc1ccc(F)c(F)c1. The molecule has 2 N–H and O–H groups in total. The highest BCUT2D eigenvalue weighted by atomic mass is 32.1. The van der Waals surface area contributed by atoms with Gasteiger partial charge in [0.15, 0.2) is 16.7 Å². The number of hydrogen-bond acceptors (Lipinski definition) is 1. The van der Waals surface area contributed by atoms with E-state index in [1.807, 2.05) is 0 Å². The zero-order valence-electron chi connectivity index (χ0n) is 9.72. The minimum Gasteiger partial charge on any atom is -0.362 e. The van der Waals surface area contributed by atoms with Crippen molar-refractivity contribution in [2.24, 2.45) is 0 Å². The van der Waals surface area contributed by atoms with E-state index in [-0.39, 0.29) is 0 Å². The summed E-state index contributed by atoms with van der Waals surface area (Å²) in [6, 6.07) is 3.59. The predicted molar refractivity (Wildman–Crippen MR) is 70.1 cm³/mol. The van der Waals surface area contributed by atoms with Gasteiger partial charge in [-0.25, -0.2) is 8.78 Å². The van der Waals surface area contributed by atoms with Gasteiger partial charge in [0.1, 0.15) is 0 Å². The van der Waals surface area contributed by atoms with E-state index in [0.717, 1.165) is 37.9 Å². The Bertz CT molecular complexity index is 383. The van der Waals surface area contributed by atoms with Gasteiger partial charge in [-0.1, -0.05) is 19.8 Å². The molecular formula is C12H16F2N2S. The Kier molecular flexibility index (Phi) is 5.83. The maximum atomic E-state index is 12.9. The fourth-order valence-electron chi connectivity index (χ4n) is 1.33. The molecule has 2 nitrogen and oxygen atoms in total. The lowest BCUT2D eigenvalue weighted by Gasteiger charge is -2.10. The monoisotopic (exact) mass is 258 g/mol. The number of rotatable bonds is 5. The standard InChI is InChI=1S/C12H16F2N2S/c1-2-3-4-7-15-12(17)16-9-5-6-10(13)11(14)8-9/h5-6,8H,2-4,7H2,1H3,(H2,15,16,17). The van der Waals surface area contributed by atoms with Gasteiger partial charge >= 0.3 is 0 Å². The highest BCUT2D eigenvalue weighted by molar-refractivity contribution is 7.80. The van der Waals surface area contributed by atoms with E-state index >= 15 is 0 Å². The van der Waals surface area contributed by atoms with Gasteiger partial charge in [0, 0.05) is 18.3 Å². The number of hydrogen-bond donors (Lipinski definition) is 2. The van der Waals surface area contributed by atoms with Crippen LogP contribution in [0.5, 0.6) is 0 Å². The number of halogens is 2. The first-order valence-corrected chi connectivity index (χ1v) is 6.04. The van der Waals surface area contributed by atoms with E-state index in [1.54, 1.807) is 0 Å². The molecule has 0 aliphatic carbocycles. The fourth-order valence-corrected chi connectivity index (χ4v) is 1.55. The number of thiocarbonyl (C=S) groups is 1. The van der Waals surface area contributed by atoms with Crippen LogP contribution in [0.3, 0.4) is 0 Å². The Hall–Kier alpha value is -1.23. The molecule has 0 aromatic heterocycles. The molecule has 0 unspecified atom stereocenters. The molecule has 0 amide bonds. The molecule has 0 saturated heterocycles. The Balaban J connectivity index is 2.37. The van der Waals surface area contributed by atoms with Crippen LogP contribution in [0, 0.1) is 11.6 Å². The van der Waals surface area contributed by atoms with E-state index in [9.17, 15) is 8.78 Å². The molecule has 1 aromatic rings. The Morgan fingerprint density at radius 1 is 1.24 bits per heavy atom. The third-order valence-corrected chi connectivity index (χ3v) is 2.49. The first-order valence-electron chi connectivity index (χ1n) is 5.63. The second-order valence-electron chi connectivity index (χ2n) is 3.72. The summed E-state index contributed by atoms with van der Waals surface area (Å²) in [5.41, 5.74) is 0.442. The topological polar surface area (TPSA) is 24.1 Å². The average molecular weight is 258 g/mol. The van der Waals surface area contributed by atoms with Crippen molar-refractivity contribution in [1.82, 2.24) is 5.32 Å². The van der Waals surface area contributed by atoms with E-state index in [0.29, 0.717) is 10.8 Å². The molecule has 0 atom stereocenters. The van der Waals surface area contributed by atoms with Crippen LogP contribution in [0.4, 0.5) is 14.5 Å². The lowest BCUT2D eigenvalue weighted by Crippen LogP contribution is -2.29. The fraction of sp³-hybridized carbons (Fsp3) is 0.417. The summed E-state index contributed by atoms with van der Waals surface area (Å²) in [7, 11) is 0. The number of unbranched alkanes of at least 4 members (excludes halogenated alkanes) is 2. The molecule has 0 saturated carbocycles.